The summed E-state index contributed by atoms with van der Waals surface area (Å²) in [6, 6.07) is 19.7. The molecule has 0 amide bonds. The minimum Gasteiger partial charge on any atom is -0.457 e. The highest BCUT2D eigenvalue weighted by atomic mass is 16.5. The molecule has 1 aliphatic carbocycles. The Kier molecular flexibility index (Phi) is 5.30. The first-order valence-electron chi connectivity index (χ1n) is 10.8. The van der Waals surface area contributed by atoms with Crippen molar-refractivity contribution in [1.29, 1.82) is 5.26 Å². The molecule has 6 nitrogen and oxygen atoms in total. The van der Waals surface area contributed by atoms with Gasteiger partial charge in [-0.25, -0.2) is 9.50 Å². The minimum absolute atomic E-state index is 0.379. The van der Waals surface area contributed by atoms with E-state index in [9.17, 15) is 5.26 Å². The molecule has 0 spiro atoms. The predicted octanol–water partition coefficient (Wildman–Crippen LogP) is 5.97. The van der Waals surface area contributed by atoms with Crippen molar-refractivity contribution in [3.8, 4) is 28.7 Å². The van der Waals surface area contributed by atoms with Crippen LogP contribution >= 0.6 is 0 Å². The number of nitrogen functional groups attached to an aromatic ring is 1. The fourth-order valence-electron chi connectivity index (χ4n) is 4.64. The summed E-state index contributed by atoms with van der Waals surface area (Å²) >= 11 is 0. The summed E-state index contributed by atoms with van der Waals surface area (Å²) < 4.78 is 7.88. The van der Waals surface area contributed by atoms with Crippen LogP contribution in [0.3, 0.4) is 0 Å². The molecule has 0 atom stereocenters. The van der Waals surface area contributed by atoms with Crippen molar-refractivity contribution in [3.05, 3.63) is 78.3 Å². The number of aromatic nitrogens is 3. The molecule has 2 aromatic carbocycles. The molecule has 0 radical (unpaired) electrons. The molecule has 0 bridgehead atoms. The first kappa shape index (κ1) is 19.8. The molecular formula is C26H23N5O. The first-order valence-corrected chi connectivity index (χ1v) is 10.8. The summed E-state index contributed by atoms with van der Waals surface area (Å²) in [6.45, 7) is 0. The maximum Gasteiger partial charge on any atom is 0.152 e. The van der Waals surface area contributed by atoms with Gasteiger partial charge in [0.15, 0.2) is 5.82 Å². The van der Waals surface area contributed by atoms with E-state index in [2.05, 4.69) is 16.2 Å². The molecule has 158 valence electrons. The van der Waals surface area contributed by atoms with Gasteiger partial charge in [-0.3, -0.25) is 0 Å². The molecule has 6 heteroatoms. The lowest BCUT2D eigenvalue weighted by atomic mass is 9.94. The lowest BCUT2D eigenvalue weighted by Crippen LogP contribution is -2.05. The second-order valence-electron chi connectivity index (χ2n) is 7.96. The zero-order valence-electron chi connectivity index (χ0n) is 17.6. The number of benzene rings is 2. The molecular weight excluding hydrogens is 398 g/mol. The maximum atomic E-state index is 9.24. The Morgan fingerprint density at radius 3 is 2.47 bits per heavy atom. The molecule has 0 saturated heterocycles. The van der Waals surface area contributed by atoms with Crippen molar-refractivity contribution in [2.24, 2.45) is 0 Å². The third-order valence-corrected chi connectivity index (χ3v) is 6.02. The summed E-state index contributed by atoms with van der Waals surface area (Å²) in [5, 5.41) is 13.8. The van der Waals surface area contributed by atoms with Crippen molar-refractivity contribution in [2.75, 3.05) is 5.73 Å². The Bertz CT molecular complexity index is 1310. The van der Waals surface area contributed by atoms with Gasteiger partial charge in [0.1, 0.15) is 23.3 Å². The summed E-state index contributed by atoms with van der Waals surface area (Å²) in [4.78, 5) is 4.26. The molecule has 4 aromatic rings. The van der Waals surface area contributed by atoms with Crippen molar-refractivity contribution >= 4 is 17.4 Å². The molecule has 2 heterocycles. The van der Waals surface area contributed by atoms with Gasteiger partial charge in [-0.2, -0.15) is 10.4 Å². The number of hydrogen-bond acceptors (Lipinski definition) is 5. The van der Waals surface area contributed by atoms with E-state index in [0.717, 1.165) is 52.2 Å². The number of ether oxygens (including phenoxy) is 1. The normalized spacial score (nSPS) is 14.2. The zero-order chi connectivity index (χ0) is 21.9. The zero-order valence-corrected chi connectivity index (χ0v) is 17.6. The van der Waals surface area contributed by atoms with E-state index in [1.807, 2.05) is 65.2 Å². The van der Waals surface area contributed by atoms with Gasteiger partial charge in [-0.1, -0.05) is 43.2 Å². The van der Waals surface area contributed by atoms with Crippen molar-refractivity contribution in [2.45, 2.75) is 31.6 Å². The van der Waals surface area contributed by atoms with Crippen molar-refractivity contribution in [3.63, 3.8) is 0 Å². The van der Waals surface area contributed by atoms with Gasteiger partial charge in [0.25, 0.3) is 0 Å². The van der Waals surface area contributed by atoms with Crippen LogP contribution in [0.15, 0.2) is 67.0 Å². The maximum absolute atomic E-state index is 9.24. The Balaban J connectivity index is 1.66. The molecule has 2 aromatic heterocycles. The molecule has 1 saturated carbocycles. The lowest BCUT2D eigenvalue weighted by molar-refractivity contribution is 0.483. The number of nitrogens with zero attached hydrogens (tertiary/aromatic N) is 4. The van der Waals surface area contributed by atoms with Crippen LogP contribution in [0.5, 0.6) is 11.5 Å². The predicted molar refractivity (Wildman–Crippen MR) is 125 cm³/mol. The summed E-state index contributed by atoms with van der Waals surface area (Å²) in [5.41, 5.74) is 11.2. The summed E-state index contributed by atoms with van der Waals surface area (Å²) in [7, 11) is 0. The van der Waals surface area contributed by atoms with Crippen LogP contribution in [-0.2, 0) is 0 Å². The average Bonchev–Trinajstić information content (AvgIpc) is 3.45. The van der Waals surface area contributed by atoms with Gasteiger partial charge in [-0.05, 0) is 48.7 Å². The van der Waals surface area contributed by atoms with E-state index in [0.29, 0.717) is 11.7 Å². The van der Waals surface area contributed by atoms with Crippen LogP contribution in [0.25, 0.3) is 22.7 Å². The van der Waals surface area contributed by atoms with Gasteiger partial charge in [-0.15, -0.1) is 0 Å². The van der Waals surface area contributed by atoms with Crippen LogP contribution in [-0.4, -0.2) is 14.6 Å². The first-order chi connectivity index (χ1) is 15.8. The monoisotopic (exact) mass is 421 g/mol. The highest BCUT2D eigenvalue weighted by molar-refractivity contribution is 5.95. The van der Waals surface area contributed by atoms with E-state index in [1.54, 1.807) is 0 Å². The molecule has 1 aliphatic rings. The smallest absolute Gasteiger partial charge is 0.152 e. The van der Waals surface area contributed by atoms with Crippen LogP contribution in [0.2, 0.25) is 0 Å². The van der Waals surface area contributed by atoms with Gasteiger partial charge in [0.2, 0.25) is 0 Å². The standard InChI is InChI=1S/C26H23N5O/c27-16-6-11-22-23(18-12-14-21(15-13-18)32-20-9-2-1-3-10-20)25-26(28)29-17-30-31(25)24(22)19-7-4-5-8-19/h1-3,6,9-15,17,19H,4-5,7-8H2,(H2,28,29,30). The van der Waals surface area contributed by atoms with E-state index in [4.69, 9.17) is 10.5 Å². The Morgan fingerprint density at radius 1 is 1.03 bits per heavy atom. The Labute approximate surface area is 186 Å². The van der Waals surface area contributed by atoms with Crippen LogP contribution in [0, 0.1) is 11.3 Å². The number of hydrogen-bond donors (Lipinski definition) is 1. The average molecular weight is 422 g/mol. The Hall–Kier alpha value is -4.11. The fourth-order valence-corrected chi connectivity index (χ4v) is 4.64. The molecule has 0 unspecified atom stereocenters. The van der Waals surface area contributed by atoms with Crippen molar-refractivity contribution < 1.29 is 4.74 Å². The van der Waals surface area contributed by atoms with Crippen LogP contribution in [0.1, 0.15) is 42.9 Å². The number of nitriles is 1. The molecule has 2 N–H and O–H groups in total. The van der Waals surface area contributed by atoms with E-state index < -0.39 is 0 Å². The van der Waals surface area contributed by atoms with Gasteiger partial charge in [0.05, 0.1) is 11.8 Å². The number of rotatable bonds is 5. The molecule has 5 rings (SSSR count). The number of nitrogens with two attached hydrogens (primary N) is 1. The molecule has 1 fully saturated rings. The van der Waals surface area contributed by atoms with E-state index in [1.165, 1.54) is 25.2 Å². The van der Waals surface area contributed by atoms with Crippen LogP contribution < -0.4 is 10.5 Å². The lowest BCUT2D eigenvalue weighted by Gasteiger charge is -2.11. The van der Waals surface area contributed by atoms with Gasteiger partial charge < -0.3 is 10.5 Å². The van der Waals surface area contributed by atoms with E-state index >= 15 is 0 Å². The minimum atomic E-state index is 0.379. The number of anilines is 1. The third-order valence-electron chi connectivity index (χ3n) is 6.02. The molecule has 32 heavy (non-hydrogen) atoms. The largest absolute Gasteiger partial charge is 0.457 e. The number of fused-ring (bicyclic) bond motifs is 1. The topological polar surface area (TPSA) is 89.2 Å². The Morgan fingerprint density at radius 2 is 1.75 bits per heavy atom. The second kappa shape index (κ2) is 8.56. The van der Waals surface area contributed by atoms with E-state index in [-0.39, 0.29) is 0 Å². The van der Waals surface area contributed by atoms with Crippen LogP contribution in [0.4, 0.5) is 5.82 Å². The molecule has 0 aliphatic heterocycles. The third kappa shape index (κ3) is 3.58. The number of allylic oxidation sites excluding steroid dienone is 1. The van der Waals surface area contributed by atoms with Gasteiger partial charge in [0, 0.05) is 23.1 Å². The highest BCUT2D eigenvalue weighted by Gasteiger charge is 2.28. The van der Waals surface area contributed by atoms with Crippen molar-refractivity contribution in [1.82, 2.24) is 14.6 Å². The fraction of sp³-hybridized carbons (Fsp3) is 0.192. The quantitative estimate of drug-likeness (QED) is 0.401. The second-order valence-corrected chi connectivity index (χ2v) is 7.96. The number of para-hydroxylation sites is 1. The highest BCUT2D eigenvalue weighted by Crippen LogP contribution is 2.44. The SMILES string of the molecule is N#CC=Cc1c(-c2ccc(Oc3ccccc3)cc2)c2c(N)ncnn2c1C1CCCC1. The van der Waals surface area contributed by atoms with Gasteiger partial charge >= 0.3 is 0 Å². The summed E-state index contributed by atoms with van der Waals surface area (Å²) in [6.07, 6.45) is 9.50. The summed E-state index contributed by atoms with van der Waals surface area (Å²) in [5.74, 6) is 2.34.